The number of esters is 1. The molecule has 152 valence electrons. The van der Waals surface area contributed by atoms with Crippen LogP contribution in [0.2, 0.25) is 0 Å². The van der Waals surface area contributed by atoms with E-state index in [9.17, 15) is 4.79 Å². The Hall–Kier alpha value is -3.02. The number of rotatable bonds is 4. The summed E-state index contributed by atoms with van der Waals surface area (Å²) in [4.78, 5) is 17.9. The zero-order valence-electron chi connectivity index (χ0n) is 17.2. The summed E-state index contributed by atoms with van der Waals surface area (Å²) >= 11 is 0. The monoisotopic (exact) mass is 393 g/mol. The van der Waals surface area contributed by atoms with Crippen LogP contribution < -0.4 is 15.8 Å². The lowest BCUT2D eigenvalue weighted by molar-refractivity contribution is -0.138. The molecular weight excluding hydrogens is 366 g/mol. The van der Waals surface area contributed by atoms with Crippen LogP contribution in [-0.4, -0.2) is 24.7 Å². The molecule has 2 heterocycles. The topological polar surface area (TPSA) is 86.5 Å². The average molecular weight is 393 g/mol. The van der Waals surface area contributed by atoms with E-state index in [0.29, 0.717) is 12.2 Å². The molecule has 1 aromatic carbocycles. The number of methoxy groups -OCH3 is 1. The second-order valence-corrected chi connectivity index (χ2v) is 7.51. The van der Waals surface area contributed by atoms with Crippen LogP contribution in [0.5, 0.6) is 5.75 Å². The highest BCUT2D eigenvalue weighted by Gasteiger charge is 2.37. The first-order valence-corrected chi connectivity index (χ1v) is 10.1. The Morgan fingerprint density at radius 2 is 2.10 bits per heavy atom. The predicted molar refractivity (Wildman–Crippen MR) is 113 cm³/mol. The molecule has 1 aromatic heterocycles. The third-order valence-electron chi connectivity index (χ3n) is 5.77. The Morgan fingerprint density at radius 3 is 2.86 bits per heavy atom. The van der Waals surface area contributed by atoms with E-state index >= 15 is 0 Å². The lowest BCUT2D eigenvalue weighted by atomic mass is 9.79. The minimum absolute atomic E-state index is 0.311. The molecule has 3 N–H and O–H groups in total. The normalized spacial score (nSPS) is 17.8. The van der Waals surface area contributed by atoms with Gasteiger partial charge in [-0.3, -0.25) is 0 Å². The molecule has 0 saturated heterocycles. The highest BCUT2D eigenvalue weighted by molar-refractivity contribution is 5.95. The largest absolute Gasteiger partial charge is 0.497 e. The summed E-state index contributed by atoms with van der Waals surface area (Å²) in [5.74, 6) is 0.766. The number of hydrogen-bond donors (Lipinski definition) is 2. The van der Waals surface area contributed by atoms with Gasteiger partial charge in [0.25, 0.3) is 0 Å². The second-order valence-electron chi connectivity index (χ2n) is 7.51. The van der Waals surface area contributed by atoms with Crippen LogP contribution in [0, 0.1) is 0 Å². The van der Waals surface area contributed by atoms with Crippen molar-refractivity contribution < 1.29 is 14.3 Å². The Bertz CT molecular complexity index is 997. The number of aromatic nitrogens is 1. The van der Waals surface area contributed by atoms with Crippen molar-refractivity contribution in [3.8, 4) is 5.75 Å². The van der Waals surface area contributed by atoms with Gasteiger partial charge < -0.3 is 20.5 Å². The predicted octanol–water partition coefficient (Wildman–Crippen LogP) is 3.95. The van der Waals surface area contributed by atoms with Crippen molar-refractivity contribution in [2.75, 3.05) is 24.8 Å². The zero-order chi connectivity index (χ0) is 20.5. The maximum Gasteiger partial charge on any atom is 0.336 e. The van der Waals surface area contributed by atoms with Gasteiger partial charge in [0.05, 0.1) is 19.3 Å². The smallest absolute Gasteiger partial charge is 0.336 e. The minimum atomic E-state index is -0.361. The zero-order valence-corrected chi connectivity index (χ0v) is 17.2. The van der Waals surface area contributed by atoms with Crippen LogP contribution in [0.15, 0.2) is 35.5 Å². The van der Waals surface area contributed by atoms with Gasteiger partial charge in [0.15, 0.2) is 0 Å². The number of nitrogens with zero attached hydrogens (tertiary/aromatic N) is 1. The van der Waals surface area contributed by atoms with E-state index in [1.807, 2.05) is 38.1 Å². The molecule has 2 aromatic rings. The van der Waals surface area contributed by atoms with Gasteiger partial charge in [-0.15, -0.1) is 0 Å². The third kappa shape index (κ3) is 3.33. The van der Waals surface area contributed by atoms with Crippen LogP contribution in [0.1, 0.15) is 55.0 Å². The Labute approximate surface area is 171 Å². The first-order chi connectivity index (χ1) is 14.0. The number of nitrogen functional groups attached to an aromatic ring is 1. The Morgan fingerprint density at radius 1 is 1.31 bits per heavy atom. The second kappa shape index (κ2) is 7.78. The summed E-state index contributed by atoms with van der Waals surface area (Å²) in [6.07, 6.45) is 4.09. The number of carbonyl (C=O) groups is 1. The third-order valence-corrected chi connectivity index (χ3v) is 5.77. The van der Waals surface area contributed by atoms with Crippen molar-refractivity contribution in [2.45, 2.75) is 45.4 Å². The highest BCUT2D eigenvalue weighted by atomic mass is 16.5. The van der Waals surface area contributed by atoms with Gasteiger partial charge in [0.2, 0.25) is 0 Å². The fourth-order valence-corrected chi connectivity index (χ4v) is 4.42. The molecule has 0 radical (unpaired) electrons. The molecule has 0 unspecified atom stereocenters. The Kier molecular flexibility index (Phi) is 5.18. The molecule has 0 bridgehead atoms. The number of nitrogens with one attached hydrogen (secondary N) is 1. The molecule has 0 amide bonds. The minimum Gasteiger partial charge on any atom is -0.497 e. The fraction of sp³-hybridized carbons (Fsp3) is 0.391. The summed E-state index contributed by atoms with van der Waals surface area (Å²) < 4.78 is 10.8. The number of allylic oxidation sites excluding steroid dienone is 1. The number of ether oxygens (including phenoxy) is 2. The molecule has 29 heavy (non-hydrogen) atoms. The van der Waals surface area contributed by atoms with Crippen molar-refractivity contribution in [1.82, 2.24) is 4.98 Å². The first-order valence-electron chi connectivity index (χ1n) is 10.1. The van der Waals surface area contributed by atoms with Crippen molar-refractivity contribution >= 4 is 17.5 Å². The van der Waals surface area contributed by atoms with E-state index < -0.39 is 0 Å². The fourth-order valence-electron chi connectivity index (χ4n) is 4.42. The van der Waals surface area contributed by atoms with Crippen LogP contribution in [0.25, 0.3) is 0 Å². The van der Waals surface area contributed by atoms with Gasteiger partial charge in [0, 0.05) is 28.6 Å². The SMILES string of the molecule is CCOC(=O)C1=C(C)Nc2nc3c(c(N)c2[C@H]1c1cccc(OC)c1)CCCC3. The molecule has 1 aliphatic carbocycles. The number of nitrogens with two attached hydrogens (primary N) is 1. The summed E-state index contributed by atoms with van der Waals surface area (Å²) in [5.41, 5.74) is 12.7. The number of pyridine rings is 1. The number of hydrogen-bond acceptors (Lipinski definition) is 6. The maximum absolute atomic E-state index is 12.9. The molecule has 0 saturated carbocycles. The van der Waals surface area contributed by atoms with Gasteiger partial charge in [-0.2, -0.15) is 0 Å². The average Bonchev–Trinajstić information content (AvgIpc) is 2.73. The van der Waals surface area contributed by atoms with E-state index in [1.54, 1.807) is 7.11 Å². The molecule has 0 spiro atoms. The maximum atomic E-state index is 12.9. The quantitative estimate of drug-likeness (QED) is 0.765. The molecular formula is C23H27N3O3. The van der Waals surface area contributed by atoms with E-state index in [-0.39, 0.29) is 11.9 Å². The van der Waals surface area contributed by atoms with Crippen molar-refractivity contribution in [3.63, 3.8) is 0 Å². The molecule has 0 fully saturated rings. The molecule has 2 aliphatic rings. The summed E-state index contributed by atoms with van der Waals surface area (Å²) in [6, 6.07) is 7.76. The van der Waals surface area contributed by atoms with Gasteiger partial charge in [-0.05, 0) is 62.8 Å². The van der Waals surface area contributed by atoms with Gasteiger partial charge in [-0.25, -0.2) is 9.78 Å². The number of anilines is 2. The van der Waals surface area contributed by atoms with Crippen molar-refractivity contribution in [1.29, 1.82) is 0 Å². The van der Waals surface area contributed by atoms with Gasteiger partial charge in [0.1, 0.15) is 11.6 Å². The summed E-state index contributed by atoms with van der Waals surface area (Å²) in [5, 5.41) is 3.32. The van der Waals surface area contributed by atoms with Gasteiger partial charge >= 0.3 is 5.97 Å². The number of fused-ring (bicyclic) bond motifs is 2. The highest BCUT2D eigenvalue weighted by Crippen LogP contribution is 2.47. The molecule has 6 nitrogen and oxygen atoms in total. The van der Waals surface area contributed by atoms with E-state index in [2.05, 4.69) is 5.32 Å². The Balaban J connectivity index is 1.96. The standard InChI is InChI=1S/C23H27N3O3/c1-4-29-23(27)18-13(2)25-22-20(19(18)14-8-7-9-15(12-14)28-3)21(24)16-10-5-6-11-17(16)26-22/h7-9,12,19H,4-6,10-11H2,1-3H3,(H3,24,25,26)/t19-/m0/s1. The summed E-state index contributed by atoms with van der Waals surface area (Å²) in [6.45, 7) is 4.01. The number of aryl methyl sites for hydroxylation is 1. The first kappa shape index (κ1) is 19.3. The van der Waals surface area contributed by atoms with Crippen molar-refractivity contribution in [3.05, 3.63) is 57.9 Å². The molecule has 4 rings (SSSR count). The van der Waals surface area contributed by atoms with E-state index in [0.717, 1.165) is 71.0 Å². The van der Waals surface area contributed by atoms with Gasteiger partial charge in [-0.1, -0.05) is 12.1 Å². The lowest BCUT2D eigenvalue weighted by Crippen LogP contribution is -2.27. The van der Waals surface area contributed by atoms with Crippen LogP contribution >= 0.6 is 0 Å². The molecule has 6 heteroatoms. The molecule has 1 aliphatic heterocycles. The number of benzene rings is 1. The van der Waals surface area contributed by atoms with E-state index in [4.69, 9.17) is 20.2 Å². The van der Waals surface area contributed by atoms with Crippen molar-refractivity contribution in [2.24, 2.45) is 0 Å². The molecule has 1 atom stereocenters. The lowest BCUT2D eigenvalue weighted by Gasteiger charge is -2.33. The van der Waals surface area contributed by atoms with Crippen LogP contribution in [-0.2, 0) is 22.4 Å². The van der Waals surface area contributed by atoms with Crippen LogP contribution in [0.3, 0.4) is 0 Å². The number of carbonyl (C=O) groups excluding carboxylic acids is 1. The van der Waals surface area contributed by atoms with E-state index in [1.165, 1.54) is 0 Å². The van der Waals surface area contributed by atoms with Crippen LogP contribution in [0.4, 0.5) is 11.5 Å². The summed E-state index contributed by atoms with van der Waals surface area (Å²) in [7, 11) is 1.63.